The molecule has 0 atom stereocenters. The summed E-state index contributed by atoms with van der Waals surface area (Å²) in [6, 6.07) is 5.00. The Kier molecular flexibility index (Phi) is 6.69. The number of halogens is 2. The number of rotatable bonds is 5. The molecule has 1 aromatic carbocycles. The van der Waals surface area contributed by atoms with Crippen molar-refractivity contribution in [2.45, 2.75) is 19.3 Å². The van der Waals surface area contributed by atoms with Crippen LogP contribution < -0.4 is 5.32 Å². The number of piperidine rings is 1. The summed E-state index contributed by atoms with van der Waals surface area (Å²) in [7, 11) is 1.63. The molecule has 1 heterocycles. The van der Waals surface area contributed by atoms with Gasteiger partial charge in [0.05, 0.1) is 28.8 Å². The molecule has 0 aliphatic carbocycles. The predicted octanol–water partition coefficient (Wildman–Crippen LogP) is 2.88. The van der Waals surface area contributed by atoms with E-state index in [4.69, 9.17) is 23.2 Å². The molecule has 0 unspecified atom stereocenters. The van der Waals surface area contributed by atoms with Gasteiger partial charge in [0.1, 0.15) is 0 Å². The van der Waals surface area contributed by atoms with E-state index in [0.717, 1.165) is 25.9 Å². The van der Waals surface area contributed by atoms with Crippen LogP contribution in [0.3, 0.4) is 0 Å². The van der Waals surface area contributed by atoms with Crippen molar-refractivity contribution in [1.29, 1.82) is 0 Å². The lowest BCUT2D eigenvalue weighted by Gasteiger charge is -2.27. The molecule has 2 amide bonds. The summed E-state index contributed by atoms with van der Waals surface area (Å²) in [4.78, 5) is 27.8. The Bertz CT molecular complexity index is 554. The van der Waals surface area contributed by atoms with Crippen LogP contribution in [-0.4, -0.2) is 54.8 Å². The second-order valence-electron chi connectivity index (χ2n) is 5.73. The number of benzene rings is 1. The lowest BCUT2D eigenvalue weighted by atomic mass is 10.1. The first-order valence-corrected chi connectivity index (χ1v) is 8.43. The largest absolute Gasteiger partial charge is 0.335 e. The highest BCUT2D eigenvalue weighted by Crippen LogP contribution is 2.29. The van der Waals surface area contributed by atoms with Crippen LogP contribution >= 0.6 is 23.2 Å². The molecular formula is C16H21Cl2N3O2. The molecule has 0 bridgehead atoms. The first kappa shape index (κ1) is 18.0. The molecular weight excluding hydrogens is 337 g/mol. The van der Waals surface area contributed by atoms with Gasteiger partial charge in [-0.2, -0.15) is 0 Å². The number of anilines is 1. The number of hydrogen-bond donors (Lipinski definition) is 1. The minimum Gasteiger partial charge on any atom is -0.335 e. The maximum atomic E-state index is 12.2. The summed E-state index contributed by atoms with van der Waals surface area (Å²) in [5.41, 5.74) is 0.373. The summed E-state index contributed by atoms with van der Waals surface area (Å²) < 4.78 is 0. The first-order valence-electron chi connectivity index (χ1n) is 7.67. The fraction of sp³-hybridized carbons (Fsp3) is 0.500. The second kappa shape index (κ2) is 8.52. The zero-order chi connectivity index (χ0) is 16.8. The Hall–Kier alpha value is -1.30. The predicted molar refractivity (Wildman–Crippen MR) is 93.0 cm³/mol. The van der Waals surface area contributed by atoms with E-state index in [9.17, 15) is 9.59 Å². The number of carbonyl (C=O) groups is 2. The number of nitrogens with zero attached hydrogens (tertiary/aromatic N) is 2. The average molecular weight is 358 g/mol. The van der Waals surface area contributed by atoms with Gasteiger partial charge in [-0.05, 0) is 38.1 Å². The highest BCUT2D eigenvalue weighted by molar-refractivity contribution is 6.39. The third-order valence-electron chi connectivity index (χ3n) is 3.84. The van der Waals surface area contributed by atoms with Crippen LogP contribution in [-0.2, 0) is 9.59 Å². The average Bonchev–Trinajstić information content (AvgIpc) is 2.52. The third kappa shape index (κ3) is 5.37. The molecule has 23 heavy (non-hydrogen) atoms. The lowest BCUT2D eigenvalue weighted by molar-refractivity contribution is -0.134. The summed E-state index contributed by atoms with van der Waals surface area (Å²) in [5, 5.41) is 3.39. The van der Waals surface area contributed by atoms with Crippen LogP contribution in [0.5, 0.6) is 0 Å². The van der Waals surface area contributed by atoms with Crippen LogP contribution in [0, 0.1) is 0 Å². The molecule has 0 spiro atoms. The lowest BCUT2D eigenvalue weighted by Crippen LogP contribution is -2.43. The fourth-order valence-electron chi connectivity index (χ4n) is 2.53. The zero-order valence-corrected chi connectivity index (χ0v) is 14.7. The van der Waals surface area contributed by atoms with Crippen LogP contribution in [0.15, 0.2) is 18.2 Å². The maximum absolute atomic E-state index is 12.2. The Labute approximate surface area is 146 Å². The topological polar surface area (TPSA) is 52.7 Å². The van der Waals surface area contributed by atoms with E-state index >= 15 is 0 Å². The molecule has 126 valence electrons. The number of amides is 2. The SMILES string of the molecule is CN(CC(=O)Nc1c(Cl)cccc1Cl)C(=O)CN1CCCCC1. The van der Waals surface area contributed by atoms with Crippen molar-refractivity contribution in [2.75, 3.05) is 38.5 Å². The van der Waals surface area contributed by atoms with Crippen molar-refractivity contribution < 1.29 is 9.59 Å². The molecule has 1 aliphatic rings. The number of carbonyl (C=O) groups excluding carboxylic acids is 2. The molecule has 0 radical (unpaired) electrons. The van der Waals surface area contributed by atoms with Crippen LogP contribution in [0.25, 0.3) is 0 Å². The van der Waals surface area contributed by atoms with E-state index in [1.165, 1.54) is 11.3 Å². The highest BCUT2D eigenvalue weighted by Gasteiger charge is 2.19. The van der Waals surface area contributed by atoms with Gasteiger partial charge in [0.15, 0.2) is 0 Å². The molecule has 1 fully saturated rings. The minimum absolute atomic E-state index is 0.0335. The van der Waals surface area contributed by atoms with Gasteiger partial charge >= 0.3 is 0 Å². The normalized spacial score (nSPS) is 15.3. The van der Waals surface area contributed by atoms with Crippen molar-refractivity contribution in [3.63, 3.8) is 0 Å². The van der Waals surface area contributed by atoms with Crippen molar-refractivity contribution in [3.05, 3.63) is 28.2 Å². The molecule has 1 aliphatic heterocycles. The molecule has 5 nitrogen and oxygen atoms in total. The number of nitrogens with one attached hydrogen (secondary N) is 1. The Morgan fingerprint density at radius 1 is 1.17 bits per heavy atom. The number of likely N-dealkylation sites (tertiary alicyclic amines) is 1. The molecule has 0 saturated carbocycles. The number of para-hydroxylation sites is 1. The molecule has 7 heteroatoms. The Balaban J connectivity index is 1.85. The number of hydrogen-bond acceptors (Lipinski definition) is 3. The third-order valence-corrected chi connectivity index (χ3v) is 4.47. The standard InChI is InChI=1S/C16H21Cl2N3O2/c1-20(15(23)11-21-8-3-2-4-9-21)10-14(22)19-16-12(17)6-5-7-13(16)18/h5-7H,2-4,8-11H2,1H3,(H,19,22). The van der Waals surface area contributed by atoms with E-state index in [0.29, 0.717) is 22.3 Å². The van der Waals surface area contributed by atoms with Gasteiger partial charge in [0.25, 0.3) is 0 Å². The second-order valence-corrected chi connectivity index (χ2v) is 6.55. The smallest absolute Gasteiger partial charge is 0.244 e. The summed E-state index contributed by atoms with van der Waals surface area (Å²) in [6.07, 6.45) is 3.48. The molecule has 1 N–H and O–H groups in total. The van der Waals surface area contributed by atoms with Gasteiger partial charge in [-0.15, -0.1) is 0 Å². The van der Waals surface area contributed by atoms with Crippen molar-refractivity contribution in [3.8, 4) is 0 Å². The van der Waals surface area contributed by atoms with Crippen molar-refractivity contribution in [2.24, 2.45) is 0 Å². The Morgan fingerprint density at radius 2 is 1.78 bits per heavy atom. The highest BCUT2D eigenvalue weighted by atomic mass is 35.5. The van der Waals surface area contributed by atoms with Crippen LogP contribution in [0.2, 0.25) is 10.0 Å². The summed E-state index contributed by atoms with van der Waals surface area (Å²) in [6.45, 7) is 2.22. The molecule has 2 rings (SSSR count). The van der Waals surface area contributed by atoms with Gasteiger partial charge in [-0.25, -0.2) is 0 Å². The molecule has 0 aromatic heterocycles. The van der Waals surface area contributed by atoms with Gasteiger partial charge in [0, 0.05) is 7.05 Å². The van der Waals surface area contributed by atoms with Gasteiger partial charge in [0.2, 0.25) is 11.8 Å². The maximum Gasteiger partial charge on any atom is 0.244 e. The van der Waals surface area contributed by atoms with Crippen LogP contribution in [0.4, 0.5) is 5.69 Å². The van der Waals surface area contributed by atoms with E-state index < -0.39 is 0 Å². The van der Waals surface area contributed by atoms with Gasteiger partial charge in [-0.1, -0.05) is 35.7 Å². The molecule has 1 saturated heterocycles. The molecule has 1 aromatic rings. The monoisotopic (exact) mass is 357 g/mol. The Morgan fingerprint density at radius 3 is 2.39 bits per heavy atom. The minimum atomic E-state index is -0.325. The van der Waals surface area contributed by atoms with Crippen molar-refractivity contribution >= 4 is 40.7 Å². The summed E-state index contributed by atoms with van der Waals surface area (Å²) in [5.74, 6) is -0.387. The van der Waals surface area contributed by atoms with E-state index in [1.54, 1.807) is 25.2 Å². The van der Waals surface area contributed by atoms with E-state index in [1.807, 2.05) is 0 Å². The van der Waals surface area contributed by atoms with Gasteiger partial charge in [-0.3, -0.25) is 14.5 Å². The first-order chi connectivity index (χ1) is 11.0. The van der Waals surface area contributed by atoms with Crippen LogP contribution in [0.1, 0.15) is 19.3 Å². The van der Waals surface area contributed by atoms with Crippen molar-refractivity contribution in [1.82, 2.24) is 9.80 Å². The van der Waals surface area contributed by atoms with E-state index in [2.05, 4.69) is 10.2 Å². The van der Waals surface area contributed by atoms with E-state index in [-0.39, 0.29) is 18.4 Å². The fourth-order valence-corrected chi connectivity index (χ4v) is 3.02. The van der Waals surface area contributed by atoms with Gasteiger partial charge < -0.3 is 10.2 Å². The summed E-state index contributed by atoms with van der Waals surface area (Å²) >= 11 is 12.0. The number of likely N-dealkylation sites (N-methyl/N-ethyl adjacent to an activating group) is 1. The quantitative estimate of drug-likeness (QED) is 0.881. The zero-order valence-electron chi connectivity index (χ0n) is 13.1.